The number of nitrogens with zero attached hydrogens (tertiary/aromatic N) is 1. The van der Waals surface area contributed by atoms with E-state index in [4.69, 9.17) is 25.3 Å². The Morgan fingerprint density at radius 3 is 2.49 bits per heavy atom. The Hall–Kier alpha value is -2.99. The second kappa shape index (κ2) is 10.1. The van der Waals surface area contributed by atoms with E-state index >= 15 is 0 Å². The van der Waals surface area contributed by atoms with Gasteiger partial charge in [-0.15, -0.1) is 0 Å². The fourth-order valence-corrected chi connectivity index (χ4v) is 6.17. The standard InChI is InChI=1S/C25H17BrClNO7S2/c1-14-2-5-17(6-3-14)37(31,32)35-20-7-4-15(8-18(20)26)9-23-24(29)28(25(30)36-23)12-16-10-21-22(11-19(16)27)34-13-33-21/h2-11H,12-13H2,1H3/b23-9-. The van der Waals surface area contributed by atoms with Gasteiger partial charge in [-0.3, -0.25) is 14.5 Å². The summed E-state index contributed by atoms with van der Waals surface area (Å²) in [5.41, 5.74) is 2.04. The molecule has 0 spiro atoms. The minimum Gasteiger partial charge on any atom is -0.454 e. The van der Waals surface area contributed by atoms with Gasteiger partial charge in [-0.1, -0.05) is 35.4 Å². The third-order valence-corrected chi connectivity index (χ3v) is 8.63. The molecule has 2 aliphatic heterocycles. The SMILES string of the molecule is Cc1ccc(S(=O)(=O)Oc2ccc(/C=C3\SC(=O)N(Cc4cc5c(cc4Cl)OCO5)C3=O)cc2Br)cc1. The predicted molar refractivity (Wildman–Crippen MR) is 142 cm³/mol. The molecule has 1 fully saturated rings. The second-order valence-corrected chi connectivity index (χ2v) is 11.9. The topological polar surface area (TPSA) is 99.2 Å². The quantitative estimate of drug-likeness (QED) is 0.239. The van der Waals surface area contributed by atoms with Crippen molar-refractivity contribution in [2.45, 2.75) is 18.4 Å². The normalized spacial score (nSPS) is 16.1. The fraction of sp³-hybridized carbons (Fsp3) is 0.120. The molecular weight excluding hydrogens is 606 g/mol. The summed E-state index contributed by atoms with van der Waals surface area (Å²) >= 11 is 10.4. The van der Waals surface area contributed by atoms with Gasteiger partial charge in [-0.05, 0) is 82.2 Å². The van der Waals surface area contributed by atoms with E-state index in [0.717, 1.165) is 22.2 Å². The molecule has 0 atom stereocenters. The van der Waals surface area contributed by atoms with E-state index < -0.39 is 21.3 Å². The van der Waals surface area contributed by atoms with Crippen LogP contribution < -0.4 is 13.7 Å². The van der Waals surface area contributed by atoms with Gasteiger partial charge in [0.15, 0.2) is 17.2 Å². The molecule has 5 rings (SSSR count). The van der Waals surface area contributed by atoms with Crippen molar-refractivity contribution in [3.8, 4) is 17.2 Å². The van der Waals surface area contributed by atoms with Gasteiger partial charge >= 0.3 is 10.1 Å². The van der Waals surface area contributed by atoms with Crippen LogP contribution in [0.4, 0.5) is 4.79 Å². The van der Waals surface area contributed by atoms with Crippen LogP contribution in [-0.4, -0.2) is 31.3 Å². The highest BCUT2D eigenvalue weighted by molar-refractivity contribution is 9.10. The Kier molecular flexibility index (Phi) is 6.97. The third kappa shape index (κ3) is 5.35. The Morgan fingerprint density at radius 2 is 1.78 bits per heavy atom. The molecule has 12 heteroatoms. The highest BCUT2D eigenvalue weighted by Gasteiger charge is 2.36. The van der Waals surface area contributed by atoms with Gasteiger partial charge in [0, 0.05) is 11.1 Å². The van der Waals surface area contributed by atoms with Gasteiger partial charge in [0.05, 0.1) is 15.9 Å². The van der Waals surface area contributed by atoms with Gasteiger partial charge < -0.3 is 13.7 Å². The molecule has 0 bridgehead atoms. The third-order valence-electron chi connectivity index (χ3n) is 5.51. The lowest BCUT2D eigenvalue weighted by molar-refractivity contribution is -0.123. The highest BCUT2D eigenvalue weighted by Crippen LogP contribution is 2.40. The lowest BCUT2D eigenvalue weighted by Gasteiger charge is -2.14. The van der Waals surface area contributed by atoms with Crippen LogP contribution in [0.15, 0.2) is 68.9 Å². The molecule has 8 nitrogen and oxygen atoms in total. The van der Waals surface area contributed by atoms with Crippen molar-refractivity contribution in [1.82, 2.24) is 4.90 Å². The maximum atomic E-state index is 13.0. The van der Waals surface area contributed by atoms with Crippen molar-refractivity contribution in [3.05, 3.63) is 85.7 Å². The molecule has 0 unspecified atom stereocenters. The molecule has 0 N–H and O–H groups in total. The molecule has 0 aliphatic carbocycles. The van der Waals surface area contributed by atoms with Gasteiger partial charge in [0.2, 0.25) is 6.79 Å². The lowest BCUT2D eigenvalue weighted by Crippen LogP contribution is -2.27. The maximum Gasteiger partial charge on any atom is 0.339 e. The average molecular weight is 623 g/mol. The molecule has 2 heterocycles. The predicted octanol–water partition coefficient (Wildman–Crippen LogP) is 6.14. The first-order valence-corrected chi connectivity index (χ1v) is 14.1. The summed E-state index contributed by atoms with van der Waals surface area (Å²) in [5, 5.41) is -0.0828. The van der Waals surface area contributed by atoms with Crippen molar-refractivity contribution < 1.29 is 31.7 Å². The summed E-state index contributed by atoms with van der Waals surface area (Å²) in [6.45, 7) is 1.91. The molecule has 3 aromatic rings. The molecule has 190 valence electrons. The molecular formula is C25H17BrClNO7S2. The Balaban J connectivity index is 1.33. The van der Waals surface area contributed by atoms with E-state index in [1.54, 1.807) is 42.5 Å². The number of aryl methyl sites for hydroxylation is 1. The number of fused-ring (bicyclic) bond motifs is 1. The van der Waals surface area contributed by atoms with E-state index in [9.17, 15) is 18.0 Å². The van der Waals surface area contributed by atoms with Crippen LogP contribution in [0.3, 0.4) is 0 Å². The van der Waals surface area contributed by atoms with Crippen LogP contribution >= 0.6 is 39.3 Å². The number of ether oxygens (including phenoxy) is 2. The van der Waals surface area contributed by atoms with Crippen LogP contribution in [0.5, 0.6) is 17.2 Å². The monoisotopic (exact) mass is 621 g/mol. The molecule has 3 aromatic carbocycles. The minimum atomic E-state index is -4.03. The van der Waals surface area contributed by atoms with E-state index in [-0.39, 0.29) is 28.9 Å². The molecule has 2 aliphatic rings. The van der Waals surface area contributed by atoms with Crippen LogP contribution in [0.1, 0.15) is 16.7 Å². The second-order valence-electron chi connectivity index (χ2n) is 8.11. The first-order chi connectivity index (χ1) is 17.6. The van der Waals surface area contributed by atoms with Gasteiger partial charge in [0.25, 0.3) is 11.1 Å². The number of halogens is 2. The number of benzene rings is 3. The number of thioether (sulfide) groups is 1. The van der Waals surface area contributed by atoms with E-state index in [0.29, 0.717) is 32.1 Å². The largest absolute Gasteiger partial charge is 0.454 e. The number of carbonyl (C=O) groups excluding carboxylic acids is 2. The number of carbonyl (C=O) groups is 2. The first kappa shape index (κ1) is 25.7. The van der Waals surface area contributed by atoms with Crippen LogP contribution in [-0.2, 0) is 21.5 Å². The Labute approximate surface area is 230 Å². The summed E-state index contributed by atoms with van der Waals surface area (Å²) in [6.07, 6.45) is 1.55. The summed E-state index contributed by atoms with van der Waals surface area (Å²) < 4.78 is 41.5. The fourth-order valence-electron chi connectivity index (χ4n) is 3.58. The number of rotatable bonds is 6. The number of hydrogen-bond acceptors (Lipinski definition) is 8. The van der Waals surface area contributed by atoms with E-state index in [1.165, 1.54) is 18.2 Å². The van der Waals surface area contributed by atoms with Gasteiger partial charge in [0.1, 0.15) is 4.90 Å². The summed E-state index contributed by atoms with van der Waals surface area (Å²) in [7, 11) is -4.03. The molecule has 2 amide bonds. The average Bonchev–Trinajstić information content (AvgIpc) is 3.40. The van der Waals surface area contributed by atoms with Crippen molar-refractivity contribution >= 4 is 66.6 Å². The highest BCUT2D eigenvalue weighted by atomic mass is 79.9. The smallest absolute Gasteiger partial charge is 0.339 e. The molecule has 0 aromatic heterocycles. The molecule has 37 heavy (non-hydrogen) atoms. The maximum absolute atomic E-state index is 13.0. The number of hydrogen-bond donors (Lipinski definition) is 0. The van der Waals surface area contributed by atoms with Crippen molar-refractivity contribution in [1.29, 1.82) is 0 Å². The zero-order chi connectivity index (χ0) is 26.3. The van der Waals surface area contributed by atoms with Gasteiger partial charge in [-0.2, -0.15) is 8.42 Å². The van der Waals surface area contributed by atoms with Crippen molar-refractivity contribution in [2.24, 2.45) is 0 Å². The minimum absolute atomic E-state index is 0.0230. The van der Waals surface area contributed by atoms with Crippen LogP contribution in [0.2, 0.25) is 5.02 Å². The molecule has 0 radical (unpaired) electrons. The zero-order valence-corrected chi connectivity index (χ0v) is 23.0. The molecule has 0 saturated carbocycles. The summed E-state index contributed by atoms with van der Waals surface area (Å²) in [6, 6.07) is 14.2. The summed E-state index contributed by atoms with van der Waals surface area (Å²) in [5.74, 6) is 0.622. The first-order valence-electron chi connectivity index (χ1n) is 10.7. The van der Waals surface area contributed by atoms with E-state index in [2.05, 4.69) is 15.9 Å². The zero-order valence-electron chi connectivity index (χ0n) is 19.1. The molecule has 1 saturated heterocycles. The van der Waals surface area contributed by atoms with Gasteiger partial charge in [-0.25, -0.2) is 0 Å². The van der Waals surface area contributed by atoms with Crippen LogP contribution in [0.25, 0.3) is 6.08 Å². The van der Waals surface area contributed by atoms with Crippen LogP contribution in [0, 0.1) is 6.92 Å². The van der Waals surface area contributed by atoms with E-state index in [1.807, 2.05) is 6.92 Å². The van der Waals surface area contributed by atoms with Crippen molar-refractivity contribution in [3.63, 3.8) is 0 Å². The Morgan fingerprint density at radius 1 is 1.08 bits per heavy atom. The Bertz CT molecular complexity index is 1570. The lowest BCUT2D eigenvalue weighted by atomic mass is 10.1. The van der Waals surface area contributed by atoms with Crippen molar-refractivity contribution in [2.75, 3.05) is 6.79 Å². The summed E-state index contributed by atoms with van der Waals surface area (Å²) in [4.78, 5) is 26.9. The number of imide groups is 1. The number of amides is 2.